The monoisotopic (exact) mass is 442 g/mol. The lowest BCUT2D eigenvalue weighted by atomic mass is 9.89. The number of non-ortho nitro benzene ring substituents is 1. The minimum atomic E-state index is -0.654. The first-order valence-electron chi connectivity index (χ1n) is 11.2. The molecule has 0 aliphatic heterocycles. The largest absolute Gasteiger partial charge is 0.493 e. The van der Waals surface area contributed by atoms with Crippen molar-refractivity contribution in [3.8, 4) is 11.5 Å². The lowest BCUT2D eigenvalue weighted by Crippen LogP contribution is -2.31. The van der Waals surface area contributed by atoms with Gasteiger partial charge in [0.1, 0.15) is 0 Å². The molecule has 0 fully saturated rings. The van der Waals surface area contributed by atoms with Crippen LogP contribution in [0.15, 0.2) is 36.4 Å². The topological polar surface area (TPSA) is 85.1 Å². The summed E-state index contributed by atoms with van der Waals surface area (Å²) in [5.74, 6) is 1.48. The second-order valence-corrected chi connectivity index (χ2v) is 8.78. The van der Waals surface area contributed by atoms with Gasteiger partial charge >= 0.3 is 0 Å². The van der Waals surface area contributed by atoms with Gasteiger partial charge in [-0.25, -0.2) is 0 Å². The van der Waals surface area contributed by atoms with Gasteiger partial charge in [0.2, 0.25) is 0 Å². The minimum Gasteiger partial charge on any atom is -0.493 e. The number of rotatable bonds is 10. The fourth-order valence-electron chi connectivity index (χ4n) is 4.43. The molecule has 1 aliphatic carbocycles. The van der Waals surface area contributed by atoms with E-state index in [4.69, 9.17) is 9.47 Å². The Morgan fingerprint density at radius 2 is 1.59 bits per heavy atom. The summed E-state index contributed by atoms with van der Waals surface area (Å²) in [6, 6.07) is 10.8. The van der Waals surface area contributed by atoms with E-state index in [1.807, 2.05) is 24.3 Å². The Balaban J connectivity index is 1.46. The van der Waals surface area contributed by atoms with Gasteiger partial charge in [-0.3, -0.25) is 10.1 Å². The van der Waals surface area contributed by atoms with Crippen LogP contribution in [0.3, 0.4) is 0 Å². The van der Waals surface area contributed by atoms with E-state index in [9.17, 15) is 15.2 Å². The van der Waals surface area contributed by atoms with Crippen LogP contribution in [0.4, 0.5) is 5.69 Å². The zero-order valence-electron chi connectivity index (χ0n) is 19.3. The number of hydrogen-bond donors (Lipinski definition) is 1. The molecule has 3 rings (SSSR count). The number of fused-ring (bicyclic) bond motifs is 1. The van der Waals surface area contributed by atoms with Crippen molar-refractivity contribution in [2.24, 2.45) is 0 Å². The van der Waals surface area contributed by atoms with Crippen LogP contribution >= 0.6 is 0 Å². The highest BCUT2D eigenvalue weighted by Crippen LogP contribution is 2.37. The summed E-state index contributed by atoms with van der Waals surface area (Å²) in [4.78, 5) is 12.6. The predicted octanol–water partition coefficient (Wildman–Crippen LogP) is 4.18. The third-order valence-corrected chi connectivity index (χ3v) is 6.54. The van der Waals surface area contributed by atoms with Crippen LogP contribution in [0.1, 0.15) is 42.4 Å². The Bertz CT molecular complexity index is 878. The van der Waals surface area contributed by atoms with E-state index in [-0.39, 0.29) is 10.6 Å². The predicted molar refractivity (Wildman–Crippen MR) is 125 cm³/mol. The number of hydrogen-bond acceptors (Lipinski definition) is 6. The lowest BCUT2D eigenvalue weighted by Gasteiger charge is -2.27. The summed E-state index contributed by atoms with van der Waals surface area (Å²) < 4.78 is 10.9. The van der Waals surface area contributed by atoms with Gasteiger partial charge in [0.15, 0.2) is 11.5 Å². The van der Waals surface area contributed by atoms with Gasteiger partial charge in [-0.15, -0.1) is 0 Å². The third kappa shape index (κ3) is 6.20. The minimum absolute atomic E-state index is 0.123. The standard InChI is InChI=1S/C25H34N2O5/c1-26(16-11-19-5-7-22(8-6-19)27(29)30)15-4-12-25(28)13-9-20-17-23(31-2)24(32-3)18-21(20)10-14-25/h5-8,17-18,28H,4,9-16H2,1-3H3. The van der Waals surface area contributed by atoms with E-state index >= 15 is 0 Å². The van der Waals surface area contributed by atoms with Crippen molar-refractivity contribution in [1.29, 1.82) is 0 Å². The van der Waals surface area contributed by atoms with E-state index in [2.05, 4.69) is 11.9 Å². The molecule has 2 aromatic carbocycles. The van der Waals surface area contributed by atoms with E-state index < -0.39 is 5.60 Å². The molecule has 0 atom stereocenters. The van der Waals surface area contributed by atoms with Crippen molar-refractivity contribution in [2.45, 2.75) is 50.5 Å². The normalized spacial score (nSPS) is 15.2. The molecule has 0 saturated heterocycles. The first kappa shape index (κ1) is 24.0. The van der Waals surface area contributed by atoms with Crippen LogP contribution in [0.5, 0.6) is 11.5 Å². The molecule has 32 heavy (non-hydrogen) atoms. The second kappa shape index (κ2) is 10.8. The van der Waals surface area contributed by atoms with Crippen molar-refractivity contribution < 1.29 is 19.5 Å². The van der Waals surface area contributed by atoms with E-state index in [1.54, 1.807) is 26.4 Å². The summed E-state index contributed by atoms with van der Waals surface area (Å²) in [5.41, 5.74) is 3.03. The Labute approximate surface area is 190 Å². The second-order valence-electron chi connectivity index (χ2n) is 8.78. The first-order valence-corrected chi connectivity index (χ1v) is 11.2. The smallest absolute Gasteiger partial charge is 0.269 e. The molecule has 174 valence electrons. The van der Waals surface area contributed by atoms with Gasteiger partial charge in [0.25, 0.3) is 5.69 Å². The molecular formula is C25H34N2O5. The first-order chi connectivity index (χ1) is 15.3. The van der Waals surface area contributed by atoms with Crippen molar-refractivity contribution in [2.75, 3.05) is 34.4 Å². The summed E-state index contributed by atoms with van der Waals surface area (Å²) in [6.45, 7) is 1.78. The fourth-order valence-corrected chi connectivity index (χ4v) is 4.43. The molecule has 1 aliphatic rings. The molecule has 1 N–H and O–H groups in total. The van der Waals surface area contributed by atoms with Crippen LogP contribution in [-0.2, 0) is 19.3 Å². The molecule has 0 radical (unpaired) electrons. The summed E-state index contributed by atoms with van der Waals surface area (Å²) in [5, 5.41) is 22.0. The fraction of sp³-hybridized carbons (Fsp3) is 0.520. The SMILES string of the molecule is COc1cc2c(cc1OC)CCC(O)(CCCN(C)CCc1ccc([N+](=O)[O-])cc1)CC2. The van der Waals surface area contributed by atoms with Crippen molar-refractivity contribution in [3.63, 3.8) is 0 Å². The van der Waals surface area contributed by atoms with Crippen LogP contribution in [0.25, 0.3) is 0 Å². The van der Waals surface area contributed by atoms with Gasteiger partial charge in [-0.05, 0) is 87.4 Å². The van der Waals surface area contributed by atoms with Crippen LogP contribution in [-0.4, -0.2) is 54.9 Å². The average Bonchev–Trinajstić information content (AvgIpc) is 2.95. The van der Waals surface area contributed by atoms with E-state index in [0.717, 1.165) is 75.1 Å². The van der Waals surface area contributed by atoms with E-state index in [1.165, 1.54) is 11.1 Å². The number of nitrogens with zero attached hydrogens (tertiary/aromatic N) is 2. The molecule has 0 amide bonds. The number of aryl methyl sites for hydroxylation is 2. The van der Waals surface area contributed by atoms with Crippen molar-refractivity contribution in [1.82, 2.24) is 4.90 Å². The Hall–Kier alpha value is -2.64. The summed E-state index contributed by atoms with van der Waals surface area (Å²) >= 11 is 0. The molecule has 7 heteroatoms. The Morgan fingerprint density at radius 3 is 2.09 bits per heavy atom. The quantitative estimate of drug-likeness (QED) is 0.338. The molecule has 0 aromatic heterocycles. The van der Waals surface area contributed by atoms with Gasteiger partial charge in [-0.1, -0.05) is 12.1 Å². The maximum Gasteiger partial charge on any atom is 0.269 e. The maximum atomic E-state index is 11.2. The number of nitro benzene ring substituents is 1. The van der Waals surface area contributed by atoms with Gasteiger partial charge in [-0.2, -0.15) is 0 Å². The van der Waals surface area contributed by atoms with Crippen molar-refractivity contribution in [3.05, 3.63) is 63.2 Å². The van der Waals surface area contributed by atoms with Crippen LogP contribution < -0.4 is 9.47 Å². The molecular weight excluding hydrogens is 408 g/mol. The number of aliphatic hydroxyl groups is 1. The number of methoxy groups -OCH3 is 2. The number of likely N-dealkylation sites (N-methyl/N-ethyl adjacent to an activating group) is 1. The molecule has 0 saturated carbocycles. The van der Waals surface area contributed by atoms with Gasteiger partial charge in [0, 0.05) is 18.7 Å². The molecule has 0 heterocycles. The van der Waals surface area contributed by atoms with Crippen LogP contribution in [0.2, 0.25) is 0 Å². The molecule has 0 unspecified atom stereocenters. The van der Waals surface area contributed by atoms with E-state index in [0.29, 0.717) is 0 Å². The van der Waals surface area contributed by atoms with Gasteiger partial charge in [0.05, 0.1) is 24.7 Å². The summed E-state index contributed by atoms with van der Waals surface area (Å²) in [7, 11) is 5.38. The van der Waals surface area contributed by atoms with Crippen LogP contribution in [0, 0.1) is 10.1 Å². The molecule has 0 spiro atoms. The van der Waals surface area contributed by atoms with Crippen molar-refractivity contribution >= 4 is 5.69 Å². The number of benzene rings is 2. The Kier molecular flexibility index (Phi) is 8.10. The lowest BCUT2D eigenvalue weighted by molar-refractivity contribution is -0.384. The average molecular weight is 443 g/mol. The highest BCUT2D eigenvalue weighted by Gasteiger charge is 2.30. The summed E-state index contributed by atoms with van der Waals surface area (Å²) in [6.07, 6.45) is 5.72. The zero-order valence-corrected chi connectivity index (χ0v) is 19.3. The third-order valence-electron chi connectivity index (χ3n) is 6.54. The van der Waals surface area contributed by atoms with Gasteiger partial charge < -0.3 is 19.5 Å². The molecule has 0 bridgehead atoms. The number of nitro groups is 1. The Morgan fingerprint density at radius 1 is 1.03 bits per heavy atom. The highest BCUT2D eigenvalue weighted by atomic mass is 16.6. The molecule has 7 nitrogen and oxygen atoms in total. The molecule has 2 aromatic rings. The highest BCUT2D eigenvalue weighted by molar-refractivity contribution is 5.48. The number of ether oxygens (including phenoxy) is 2. The zero-order chi connectivity index (χ0) is 23.1. The maximum absolute atomic E-state index is 11.2.